The molecule has 21 heavy (non-hydrogen) atoms. The van der Waals surface area contributed by atoms with Crippen molar-refractivity contribution in [3.63, 3.8) is 0 Å². The van der Waals surface area contributed by atoms with Crippen molar-refractivity contribution < 1.29 is 4.74 Å². The summed E-state index contributed by atoms with van der Waals surface area (Å²) in [5, 5.41) is 4.20. The molecule has 0 saturated carbocycles. The molecule has 0 radical (unpaired) electrons. The number of methoxy groups -OCH3 is 1. The molecule has 3 heteroatoms. The van der Waals surface area contributed by atoms with Crippen LogP contribution >= 0.6 is 11.6 Å². The second kappa shape index (κ2) is 8.06. The number of hydrogen-bond donors (Lipinski definition) is 1. The largest absolute Gasteiger partial charge is 0.495 e. The first kappa shape index (κ1) is 15.9. The molecular weight excluding hydrogens is 282 g/mol. The lowest BCUT2D eigenvalue weighted by atomic mass is 9.99. The van der Waals surface area contributed by atoms with Crippen molar-refractivity contribution >= 4 is 11.6 Å². The molecule has 1 unspecified atom stereocenters. The van der Waals surface area contributed by atoms with Crippen LogP contribution in [-0.2, 0) is 6.42 Å². The van der Waals surface area contributed by atoms with Crippen molar-refractivity contribution in [1.82, 2.24) is 5.32 Å². The van der Waals surface area contributed by atoms with Gasteiger partial charge in [0.15, 0.2) is 0 Å². The molecule has 2 aromatic carbocycles. The fraction of sp³-hybridized carbons (Fsp3) is 0.333. The van der Waals surface area contributed by atoms with Crippen molar-refractivity contribution in [3.05, 3.63) is 64.7 Å². The standard InChI is InChI=1S/C18H22ClNO/c1-3-20-17(11-9-14-7-5-4-6-8-14)15-10-12-18(21-2)16(19)13-15/h4-8,10,12-13,17,20H,3,9,11H2,1-2H3. The minimum atomic E-state index is 0.304. The Bertz CT molecular complexity index is 556. The second-order valence-electron chi connectivity index (χ2n) is 5.03. The summed E-state index contributed by atoms with van der Waals surface area (Å²) in [6.45, 7) is 3.06. The van der Waals surface area contributed by atoms with Gasteiger partial charge in [-0.15, -0.1) is 0 Å². The van der Waals surface area contributed by atoms with Gasteiger partial charge in [-0.05, 0) is 42.6 Å². The summed E-state index contributed by atoms with van der Waals surface area (Å²) in [5.74, 6) is 0.721. The summed E-state index contributed by atoms with van der Waals surface area (Å²) in [4.78, 5) is 0. The normalized spacial score (nSPS) is 12.1. The highest BCUT2D eigenvalue weighted by Crippen LogP contribution is 2.29. The molecule has 0 aliphatic heterocycles. The Kier molecular flexibility index (Phi) is 6.09. The van der Waals surface area contributed by atoms with Crippen LogP contribution in [0, 0.1) is 0 Å². The number of halogens is 1. The van der Waals surface area contributed by atoms with E-state index in [1.807, 2.05) is 12.1 Å². The van der Waals surface area contributed by atoms with Gasteiger partial charge in [-0.3, -0.25) is 0 Å². The maximum absolute atomic E-state index is 6.24. The third-order valence-electron chi connectivity index (χ3n) is 3.59. The van der Waals surface area contributed by atoms with Crippen molar-refractivity contribution in [3.8, 4) is 5.75 Å². The fourth-order valence-electron chi connectivity index (χ4n) is 2.49. The lowest BCUT2D eigenvalue weighted by Gasteiger charge is -2.19. The van der Waals surface area contributed by atoms with E-state index in [9.17, 15) is 0 Å². The SMILES string of the molecule is CCNC(CCc1ccccc1)c1ccc(OC)c(Cl)c1. The maximum atomic E-state index is 6.24. The van der Waals surface area contributed by atoms with Crippen LogP contribution in [-0.4, -0.2) is 13.7 Å². The van der Waals surface area contributed by atoms with Crippen LogP contribution in [0.25, 0.3) is 0 Å². The molecule has 0 heterocycles. The zero-order chi connectivity index (χ0) is 15.1. The highest BCUT2D eigenvalue weighted by molar-refractivity contribution is 6.32. The van der Waals surface area contributed by atoms with E-state index in [2.05, 4.69) is 48.6 Å². The Hall–Kier alpha value is -1.51. The molecule has 1 N–H and O–H groups in total. The smallest absolute Gasteiger partial charge is 0.137 e. The quantitative estimate of drug-likeness (QED) is 0.805. The second-order valence-corrected chi connectivity index (χ2v) is 5.44. The topological polar surface area (TPSA) is 21.3 Å². The molecule has 112 valence electrons. The number of nitrogens with one attached hydrogen (secondary N) is 1. The average molecular weight is 304 g/mol. The number of ether oxygens (including phenoxy) is 1. The van der Waals surface area contributed by atoms with E-state index in [1.165, 1.54) is 11.1 Å². The number of rotatable bonds is 7. The molecule has 0 saturated heterocycles. The molecule has 0 aromatic heterocycles. The van der Waals surface area contributed by atoms with Crippen LogP contribution in [0.3, 0.4) is 0 Å². The van der Waals surface area contributed by atoms with Crippen molar-refractivity contribution in [2.45, 2.75) is 25.8 Å². The molecule has 0 fully saturated rings. The molecule has 0 spiro atoms. The van der Waals surface area contributed by atoms with Gasteiger partial charge in [-0.2, -0.15) is 0 Å². The van der Waals surface area contributed by atoms with Gasteiger partial charge in [0, 0.05) is 6.04 Å². The number of aryl methyl sites for hydroxylation is 1. The molecule has 2 nitrogen and oxygen atoms in total. The van der Waals surface area contributed by atoms with Gasteiger partial charge < -0.3 is 10.1 Å². The zero-order valence-corrected chi connectivity index (χ0v) is 13.4. The lowest BCUT2D eigenvalue weighted by molar-refractivity contribution is 0.414. The van der Waals surface area contributed by atoms with E-state index in [0.717, 1.165) is 25.1 Å². The molecule has 1 atom stereocenters. The highest BCUT2D eigenvalue weighted by atomic mass is 35.5. The summed E-state index contributed by atoms with van der Waals surface area (Å²) in [6, 6.07) is 16.9. The van der Waals surface area contributed by atoms with Gasteiger partial charge >= 0.3 is 0 Å². The number of hydrogen-bond acceptors (Lipinski definition) is 2. The minimum Gasteiger partial charge on any atom is -0.495 e. The van der Waals surface area contributed by atoms with Crippen LogP contribution in [0.4, 0.5) is 0 Å². The van der Waals surface area contributed by atoms with E-state index in [0.29, 0.717) is 11.1 Å². The summed E-state index contributed by atoms with van der Waals surface area (Å²) >= 11 is 6.24. The maximum Gasteiger partial charge on any atom is 0.137 e. The first-order chi connectivity index (χ1) is 10.2. The van der Waals surface area contributed by atoms with E-state index in [1.54, 1.807) is 7.11 Å². The summed E-state index contributed by atoms with van der Waals surface area (Å²) < 4.78 is 5.22. The highest BCUT2D eigenvalue weighted by Gasteiger charge is 2.12. The van der Waals surface area contributed by atoms with Crippen LogP contribution in [0.2, 0.25) is 5.02 Å². The predicted molar refractivity (Wildman–Crippen MR) is 89.2 cm³/mol. The Morgan fingerprint density at radius 3 is 2.52 bits per heavy atom. The van der Waals surface area contributed by atoms with Crippen LogP contribution < -0.4 is 10.1 Å². The minimum absolute atomic E-state index is 0.304. The van der Waals surface area contributed by atoms with Gasteiger partial charge in [0.05, 0.1) is 12.1 Å². The Morgan fingerprint density at radius 1 is 1.14 bits per heavy atom. The van der Waals surface area contributed by atoms with E-state index in [-0.39, 0.29) is 0 Å². The predicted octanol–water partition coefficient (Wildman–Crippen LogP) is 4.63. The zero-order valence-electron chi connectivity index (χ0n) is 12.6. The first-order valence-electron chi connectivity index (χ1n) is 7.35. The average Bonchev–Trinajstić information content (AvgIpc) is 2.52. The fourth-order valence-corrected chi connectivity index (χ4v) is 2.75. The van der Waals surface area contributed by atoms with Crippen molar-refractivity contribution in [1.29, 1.82) is 0 Å². The molecular formula is C18H22ClNO. The number of benzene rings is 2. The summed E-state index contributed by atoms with van der Waals surface area (Å²) in [5.41, 5.74) is 2.57. The van der Waals surface area contributed by atoms with Crippen molar-refractivity contribution in [2.24, 2.45) is 0 Å². The van der Waals surface area contributed by atoms with E-state index >= 15 is 0 Å². The molecule has 0 aliphatic carbocycles. The van der Waals surface area contributed by atoms with Crippen molar-refractivity contribution in [2.75, 3.05) is 13.7 Å². The molecule has 0 aliphatic rings. The van der Waals surface area contributed by atoms with Crippen LogP contribution in [0.15, 0.2) is 48.5 Å². The van der Waals surface area contributed by atoms with E-state index in [4.69, 9.17) is 16.3 Å². The Morgan fingerprint density at radius 2 is 1.90 bits per heavy atom. The molecule has 0 amide bonds. The summed E-state index contributed by atoms with van der Waals surface area (Å²) in [7, 11) is 1.64. The van der Waals surface area contributed by atoms with Gasteiger partial charge in [-0.1, -0.05) is 54.9 Å². The molecule has 2 aromatic rings. The molecule has 2 rings (SSSR count). The lowest BCUT2D eigenvalue weighted by Crippen LogP contribution is -2.21. The third-order valence-corrected chi connectivity index (χ3v) is 3.89. The van der Waals surface area contributed by atoms with Gasteiger partial charge in [0.2, 0.25) is 0 Å². The van der Waals surface area contributed by atoms with Gasteiger partial charge in [0.1, 0.15) is 5.75 Å². The monoisotopic (exact) mass is 303 g/mol. The molecule has 0 bridgehead atoms. The van der Waals surface area contributed by atoms with E-state index < -0.39 is 0 Å². The van der Waals surface area contributed by atoms with Gasteiger partial charge in [-0.25, -0.2) is 0 Å². The van der Waals surface area contributed by atoms with Crippen LogP contribution in [0.1, 0.15) is 30.5 Å². The summed E-state index contributed by atoms with van der Waals surface area (Å²) in [6.07, 6.45) is 2.09. The first-order valence-corrected chi connectivity index (χ1v) is 7.73. The Balaban J connectivity index is 2.09. The third kappa shape index (κ3) is 4.48. The van der Waals surface area contributed by atoms with Crippen LogP contribution in [0.5, 0.6) is 5.75 Å². The van der Waals surface area contributed by atoms with Gasteiger partial charge in [0.25, 0.3) is 0 Å². The Labute approximate surface area is 132 Å².